The Kier molecular flexibility index (Phi) is 6.87. The van der Waals surface area contributed by atoms with Crippen molar-refractivity contribution in [3.05, 3.63) is 164 Å². The Bertz CT molecular complexity index is 1570. The number of halogens is 1. The number of benzene rings is 6. The van der Waals surface area contributed by atoms with Crippen LogP contribution in [0.15, 0.2) is 158 Å². The van der Waals surface area contributed by atoms with Gasteiger partial charge in [-0.2, -0.15) is 0 Å². The highest BCUT2D eigenvalue weighted by atomic mass is 19.1. The quantitative estimate of drug-likeness (QED) is 0.232. The van der Waals surface area contributed by atoms with Gasteiger partial charge < -0.3 is 10.2 Å². The first-order valence-electron chi connectivity index (χ1n) is 13.0. The van der Waals surface area contributed by atoms with Gasteiger partial charge in [-0.15, -0.1) is 0 Å². The Hall–Kier alpha value is -5.15. The summed E-state index contributed by atoms with van der Waals surface area (Å²) in [6.45, 7) is 0. The summed E-state index contributed by atoms with van der Waals surface area (Å²) in [5, 5.41) is 3.61. The number of nitrogens with one attached hydrogen (secondary N) is 1. The molecule has 3 heteroatoms. The van der Waals surface area contributed by atoms with E-state index < -0.39 is 0 Å². The lowest BCUT2D eigenvalue weighted by Crippen LogP contribution is -2.10. The third kappa shape index (κ3) is 5.29. The molecule has 188 valence electrons. The lowest BCUT2D eigenvalue weighted by atomic mass is 9.95. The van der Waals surface area contributed by atoms with Crippen molar-refractivity contribution in [3.8, 4) is 22.3 Å². The van der Waals surface area contributed by atoms with E-state index in [1.807, 2.05) is 103 Å². The zero-order valence-electron chi connectivity index (χ0n) is 21.3. The summed E-state index contributed by atoms with van der Waals surface area (Å²) in [4.78, 5) is 2.06. The normalized spacial score (nSPS) is 10.7. The van der Waals surface area contributed by atoms with E-state index in [1.165, 1.54) is 0 Å². The van der Waals surface area contributed by atoms with Gasteiger partial charge in [-0.3, -0.25) is 0 Å². The van der Waals surface area contributed by atoms with Crippen LogP contribution in [-0.4, -0.2) is 0 Å². The maximum absolute atomic E-state index is 15.3. The van der Waals surface area contributed by atoms with Crippen molar-refractivity contribution in [2.75, 3.05) is 10.2 Å². The van der Waals surface area contributed by atoms with Crippen LogP contribution in [0.5, 0.6) is 0 Å². The summed E-state index contributed by atoms with van der Waals surface area (Å²) in [6, 6.07) is 52.0. The average Bonchev–Trinajstić information content (AvgIpc) is 2.99. The van der Waals surface area contributed by atoms with Gasteiger partial charge in [0.05, 0.1) is 11.4 Å². The van der Waals surface area contributed by atoms with E-state index in [4.69, 9.17) is 0 Å². The molecule has 0 spiro atoms. The van der Waals surface area contributed by atoms with Gasteiger partial charge >= 0.3 is 0 Å². The summed E-state index contributed by atoms with van der Waals surface area (Å²) in [5.74, 6) is -0.315. The van der Waals surface area contributed by atoms with E-state index in [1.54, 1.807) is 12.1 Å². The first kappa shape index (κ1) is 24.2. The number of hydrogen-bond acceptors (Lipinski definition) is 2. The van der Waals surface area contributed by atoms with E-state index in [2.05, 4.69) is 52.7 Å². The minimum atomic E-state index is -0.315. The maximum atomic E-state index is 15.3. The highest BCUT2D eigenvalue weighted by Crippen LogP contribution is 2.41. The molecule has 0 aliphatic carbocycles. The van der Waals surface area contributed by atoms with Crippen molar-refractivity contribution in [2.24, 2.45) is 0 Å². The van der Waals surface area contributed by atoms with Crippen LogP contribution in [0.3, 0.4) is 0 Å². The molecule has 6 rings (SSSR count). The third-order valence-corrected chi connectivity index (χ3v) is 6.67. The molecular weight excluding hydrogens is 479 g/mol. The number of hydrogen-bond donors (Lipinski definition) is 1. The Labute approximate surface area is 228 Å². The van der Waals surface area contributed by atoms with Gasteiger partial charge in [0, 0.05) is 28.2 Å². The van der Waals surface area contributed by atoms with Crippen molar-refractivity contribution >= 4 is 28.4 Å². The molecule has 2 nitrogen and oxygen atoms in total. The zero-order valence-corrected chi connectivity index (χ0v) is 21.3. The minimum Gasteiger partial charge on any atom is -0.354 e. The second kappa shape index (κ2) is 11.1. The van der Waals surface area contributed by atoms with E-state index in [-0.39, 0.29) is 5.82 Å². The second-order valence-electron chi connectivity index (χ2n) is 9.29. The molecule has 1 N–H and O–H groups in total. The molecule has 6 aromatic rings. The molecule has 39 heavy (non-hydrogen) atoms. The Morgan fingerprint density at radius 2 is 0.897 bits per heavy atom. The van der Waals surface area contributed by atoms with Crippen LogP contribution < -0.4 is 10.2 Å². The van der Waals surface area contributed by atoms with Crippen LogP contribution in [0.1, 0.15) is 0 Å². The summed E-state index contributed by atoms with van der Waals surface area (Å²) in [6.07, 6.45) is 0. The maximum Gasteiger partial charge on any atom is 0.127 e. The van der Waals surface area contributed by atoms with Crippen molar-refractivity contribution in [1.29, 1.82) is 0 Å². The van der Waals surface area contributed by atoms with Gasteiger partial charge in [-0.05, 0) is 53.6 Å². The smallest absolute Gasteiger partial charge is 0.127 e. The molecule has 0 heterocycles. The monoisotopic (exact) mass is 506 g/mol. The Balaban J connectivity index is 1.49. The number of para-hydroxylation sites is 3. The van der Waals surface area contributed by atoms with E-state index in [9.17, 15) is 0 Å². The second-order valence-corrected chi connectivity index (χ2v) is 9.29. The van der Waals surface area contributed by atoms with Gasteiger partial charge in [0.1, 0.15) is 5.82 Å². The van der Waals surface area contributed by atoms with Crippen LogP contribution in [0.4, 0.5) is 32.8 Å². The topological polar surface area (TPSA) is 15.3 Å². The first-order chi connectivity index (χ1) is 19.3. The first-order valence-corrected chi connectivity index (χ1v) is 13.0. The summed E-state index contributed by atoms with van der Waals surface area (Å²) in [5.41, 5.74) is 8.50. The van der Waals surface area contributed by atoms with Crippen molar-refractivity contribution < 1.29 is 4.39 Å². The Morgan fingerprint density at radius 3 is 1.38 bits per heavy atom. The summed E-state index contributed by atoms with van der Waals surface area (Å²) >= 11 is 0. The molecule has 0 fully saturated rings. The fourth-order valence-corrected chi connectivity index (χ4v) is 4.92. The summed E-state index contributed by atoms with van der Waals surface area (Å²) < 4.78 is 15.3. The van der Waals surface area contributed by atoms with Crippen LogP contribution in [0.2, 0.25) is 0 Å². The molecular formula is C36H27FN2. The van der Waals surface area contributed by atoms with Crippen LogP contribution in [0, 0.1) is 5.82 Å². The number of nitrogens with zero attached hydrogens (tertiary/aromatic N) is 1. The van der Waals surface area contributed by atoms with Crippen LogP contribution >= 0.6 is 0 Å². The zero-order chi connectivity index (χ0) is 26.4. The van der Waals surface area contributed by atoms with Gasteiger partial charge in [0.2, 0.25) is 0 Å². The third-order valence-electron chi connectivity index (χ3n) is 6.67. The lowest BCUT2D eigenvalue weighted by molar-refractivity contribution is 0.628. The van der Waals surface area contributed by atoms with E-state index in [0.29, 0.717) is 5.69 Å². The highest BCUT2D eigenvalue weighted by Gasteiger charge is 2.16. The van der Waals surface area contributed by atoms with Crippen molar-refractivity contribution in [3.63, 3.8) is 0 Å². The molecule has 0 bridgehead atoms. The fourth-order valence-electron chi connectivity index (χ4n) is 4.92. The molecule has 0 saturated carbocycles. The molecule has 6 aromatic carbocycles. The molecule has 0 saturated heterocycles. The van der Waals surface area contributed by atoms with Gasteiger partial charge in [-0.25, -0.2) is 4.39 Å². The highest BCUT2D eigenvalue weighted by molar-refractivity contribution is 5.93. The summed E-state index contributed by atoms with van der Waals surface area (Å²) in [7, 11) is 0. The molecule has 0 radical (unpaired) electrons. The van der Waals surface area contributed by atoms with Crippen LogP contribution in [0.25, 0.3) is 22.3 Å². The molecule has 0 amide bonds. The fraction of sp³-hybridized carbons (Fsp3) is 0. The molecule has 0 unspecified atom stereocenters. The predicted molar refractivity (Wildman–Crippen MR) is 162 cm³/mol. The molecule has 0 atom stereocenters. The average molecular weight is 507 g/mol. The van der Waals surface area contributed by atoms with Crippen molar-refractivity contribution in [1.82, 2.24) is 0 Å². The van der Waals surface area contributed by atoms with E-state index >= 15 is 4.39 Å². The molecule has 0 aromatic heterocycles. The number of rotatable bonds is 7. The largest absolute Gasteiger partial charge is 0.354 e. The van der Waals surface area contributed by atoms with E-state index in [0.717, 1.165) is 45.0 Å². The molecule has 0 aliphatic heterocycles. The lowest BCUT2D eigenvalue weighted by Gasteiger charge is -2.26. The SMILES string of the molecule is Fc1cc(Nc2c(-c3ccccc3)cccc2-c2ccccc2)cc(N(c2ccccc2)c2ccccc2)c1. The van der Waals surface area contributed by atoms with Crippen molar-refractivity contribution in [2.45, 2.75) is 0 Å². The van der Waals surface area contributed by atoms with Crippen LogP contribution in [-0.2, 0) is 0 Å². The standard InChI is InChI=1S/C36H27FN2/c37-29-24-30(26-33(25-29)39(31-18-9-3-10-19-31)32-20-11-4-12-21-32)38-36-34(27-14-5-1-6-15-27)22-13-23-35(36)28-16-7-2-8-17-28/h1-26,38H. The Morgan fingerprint density at radius 1 is 0.436 bits per heavy atom. The van der Waals surface area contributed by atoms with Gasteiger partial charge in [0.15, 0.2) is 0 Å². The van der Waals surface area contributed by atoms with Gasteiger partial charge in [0.25, 0.3) is 0 Å². The number of anilines is 5. The predicted octanol–water partition coefficient (Wildman–Crippen LogP) is 10.4. The van der Waals surface area contributed by atoms with Gasteiger partial charge in [-0.1, -0.05) is 115 Å². The molecule has 0 aliphatic rings. The minimum absolute atomic E-state index is 0.315.